The van der Waals surface area contributed by atoms with E-state index >= 15 is 0 Å². The van der Waals surface area contributed by atoms with Gasteiger partial charge in [-0.2, -0.15) is 0 Å². The van der Waals surface area contributed by atoms with Crippen molar-refractivity contribution >= 4 is 0 Å². The van der Waals surface area contributed by atoms with Crippen LogP contribution in [0, 0.1) is 11.2 Å². The molecule has 0 saturated carbocycles. The maximum atomic E-state index is 13.0. The van der Waals surface area contributed by atoms with Gasteiger partial charge in [-0.3, -0.25) is 0 Å². The van der Waals surface area contributed by atoms with E-state index in [1.807, 2.05) is 12.1 Å². The summed E-state index contributed by atoms with van der Waals surface area (Å²) in [5.74, 6) is -0.157. The lowest BCUT2D eigenvalue weighted by atomic mass is 9.80. The highest BCUT2D eigenvalue weighted by Gasteiger charge is 2.19. The van der Waals surface area contributed by atoms with Crippen LogP contribution < -0.4 is 0 Å². The molecular weight excluding hydrogens is 187 g/mol. The molecular formula is C14H19F. The largest absolute Gasteiger partial charge is 0.207 e. The predicted molar refractivity (Wildman–Crippen MR) is 63.3 cm³/mol. The zero-order valence-corrected chi connectivity index (χ0v) is 9.59. The van der Waals surface area contributed by atoms with Crippen LogP contribution in [0.5, 0.6) is 0 Å². The summed E-state index contributed by atoms with van der Waals surface area (Å²) in [6, 6.07) is 6.83. The van der Waals surface area contributed by atoms with Gasteiger partial charge in [-0.05, 0) is 36.0 Å². The number of hydrogen-bond acceptors (Lipinski definition) is 0. The fourth-order valence-electron chi connectivity index (χ4n) is 1.95. The molecule has 1 aromatic carbocycles. The molecule has 82 valence electrons. The molecule has 0 fully saturated rings. The van der Waals surface area contributed by atoms with Crippen LogP contribution in [-0.4, -0.2) is 0 Å². The van der Waals surface area contributed by atoms with Crippen molar-refractivity contribution in [1.82, 2.24) is 0 Å². The summed E-state index contributed by atoms with van der Waals surface area (Å²) in [6.45, 7) is 8.21. The molecule has 1 atom stereocenters. The monoisotopic (exact) mass is 206 g/mol. The molecule has 0 amide bonds. The molecule has 15 heavy (non-hydrogen) atoms. The number of halogens is 1. The Morgan fingerprint density at radius 3 is 2.73 bits per heavy atom. The Kier molecular flexibility index (Phi) is 4.07. The minimum atomic E-state index is -0.157. The van der Waals surface area contributed by atoms with Crippen molar-refractivity contribution in [3.63, 3.8) is 0 Å². The van der Waals surface area contributed by atoms with E-state index in [0.29, 0.717) is 0 Å². The molecule has 1 unspecified atom stereocenters. The van der Waals surface area contributed by atoms with Crippen molar-refractivity contribution in [3.05, 3.63) is 48.3 Å². The van der Waals surface area contributed by atoms with Gasteiger partial charge in [0.1, 0.15) is 5.82 Å². The Hall–Kier alpha value is -1.11. The summed E-state index contributed by atoms with van der Waals surface area (Å²) >= 11 is 0. The molecule has 0 nitrogen and oxygen atoms in total. The fraction of sp³-hybridized carbons (Fsp3) is 0.429. The minimum absolute atomic E-state index is 0.0859. The third-order valence-electron chi connectivity index (χ3n) is 2.81. The van der Waals surface area contributed by atoms with Crippen LogP contribution >= 0.6 is 0 Å². The van der Waals surface area contributed by atoms with Gasteiger partial charge in [0, 0.05) is 0 Å². The van der Waals surface area contributed by atoms with Crippen molar-refractivity contribution in [2.45, 2.75) is 33.1 Å². The molecule has 0 saturated heterocycles. The maximum Gasteiger partial charge on any atom is 0.123 e. The van der Waals surface area contributed by atoms with E-state index in [1.165, 1.54) is 6.07 Å². The van der Waals surface area contributed by atoms with Crippen LogP contribution in [0.4, 0.5) is 4.39 Å². The second-order valence-corrected chi connectivity index (χ2v) is 4.41. The van der Waals surface area contributed by atoms with Crippen LogP contribution in [0.2, 0.25) is 0 Å². The van der Waals surface area contributed by atoms with Crippen molar-refractivity contribution in [2.24, 2.45) is 5.41 Å². The van der Waals surface area contributed by atoms with Gasteiger partial charge in [-0.1, -0.05) is 38.5 Å². The van der Waals surface area contributed by atoms with Gasteiger partial charge in [0.2, 0.25) is 0 Å². The molecule has 0 aliphatic carbocycles. The second-order valence-electron chi connectivity index (χ2n) is 4.41. The summed E-state index contributed by atoms with van der Waals surface area (Å²) < 4.78 is 13.0. The predicted octanol–water partition coefficient (Wildman–Crippen LogP) is 4.36. The maximum absolute atomic E-state index is 13.0. The van der Waals surface area contributed by atoms with Gasteiger partial charge >= 0.3 is 0 Å². The molecule has 0 aromatic heterocycles. The molecule has 0 bridgehead atoms. The highest BCUT2D eigenvalue weighted by Crippen LogP contribution is 2.29. The molecule has 0 aliphatic rings. The van der Waals surface area contributed by atoms with Crippen molar-refractivity contribution in [2.75, 3.05) is 0 Å². The zero-order valence-electron chi connectivity index (χ0n) is 9.59. The lowest BCUT2D eigenvalue weighted by molar-refractivity contribution is 0.384. The van der Waals surface area contributed by atoms with E-state index in [2.05, 4.69) is 20.4 Å². The zero-order chi connectivity index (χ0) is 11.3. The van der Waals surface area contributed by atoms with E-state index in [0.717, 1.165) is 24.8 Å². The van der Waals surface area contributed by atoms with Gasteiger partial charge < -0.3 is 0 Å². The van der Waals surface area contributed by atoms with Crippen molar-refractivity contribution in [3.8, 4) is 0 Å². The summed E-state index contributed by atoms with van der Waals surface area (Å²) in [4.78, 5) is 0. The summed E-state index contributed by atoms with van der Waals surface area (Å²) in [5.41, 5.74) is 1.13. The molecule has 1 aromatic rings. The number of rotatable bonds is 5. The topological polar surface area (TPSA) is 0 Å². The third-order valence-corrected chi connectivity index (χ3v) is 2.81. The Bertz CT molecular complexity index is 330. The van der Waals surface area contributed by atoms with Gasteiger partial charge in [-0.25, -0.2) is 4.39 Å². The van der Waals surface area contributed by atoms with E-state index in [4.69, 9.17) is 0 Å². The van der Waals surface area contributed by atoms with E-state index in [-0.39, 0.29) is 11.2 Å². The Morgan fingerprint density at radius 2 is 2.20 bits per heavy atom. The van der Waals surface area contributed by atoms with Gasteiger partial charge in [0.15, 0.2) is 0 Å². The first-order valence-electron chi connectivity index (χ1n) is 5.48. The van der Waals surface area contributed by atoms with Gasteiger partial charge in [0.25, 0.3) is 0 Å². The van der Waals surface area contributed by atoms with Crippen molar-refractivity contribution in [1.29, 1.82) is 0 Å². The highest BCUT2D eigenvalue weighted by molar-refractivity contribution is 5.19. The van der Waals surface area contributed by atoms with Crippen LogP contribution in [0.1, 0.15) is 32.3 Å². The molecule has 0 heterocycles. The summed E-state index contributed by atoms with van der Waals surface area (Å²) in [5, 5.41) is 0. The van der Waals surface area contributed by atoms with Gasteiger partial charge in [-0.15, -0.1) is 6.58 Å². The van der Waals surface area contributed by atoms with Crippen LogP contribution in [-0.2, 0) is 6.42 Å². The first-order chi connectivity index (χ1) is 7.09. The van der Waals surface area contributed by atoms with Crippen LogP contribution in [0.3, 0.4) is 0 Å². The number of benzene rings is 1. The molecule has 0 spiro atoms. The lowest BCUT2D eigenvalue weighted by Crippen LogP contribution is -2.16. The Labute approximate surface area is 91.8 Å². The molecule has 1 heteroatoms. The Morgan fingerprint density at radius 1 is 1.47 bits per heavy atom. The number of hydrogen-bond donors (Lipinski definition) is 0. The second kappa shape index (κ2) is 5.11. The number of allylic oxidation sites excluding steroid dienone is 1. The summed E-state index contributed by atoms with van der Waals surface area (Å²) in [7, 11) is 0. The highest BCUT2D eigenvalue weighted by atomic mass is 19.1. The SMILES string of the molecule is C=CC(C)(CCC)Cc1cccc(F)c1. The Balaban J connectivity index is 2.78. The standard InChI is InChI=1S/C14H19F/c1-4-9-14(3,5-2)11-12-7-6-8-13(15)10-12/h5-8,10H,2,4,9,11H2,1,3H3. The van der Waals surface area contributed by atoms with Gasteiger partial charge in [0.05, 0.1) is 0 Å². The third kappa shape index (κ3) is 3.50. The first-order valence-corrected chi connectivity index (χ1v) is 5.48. The van der Waals surface area contributed by atoms with E-state index < -0.39 is 0 Å². The fourth-order valence-corrected chi connectivity index (χ4v) is 1.95. The normalized spacial score (nSPS) is 14.6. The molecule has 0 radical (unpaired) electrons. The lowest BCUT2D eigenvalue weighted by Gasteiger charge is -2.25. The quantitative estimate of drug-likeness (QED) is 0.628. The van der Waals surface area contributed by atoms with Crippen LogP contribution in [0.25, 0.3) is 0 Å². The summed E-state index contributed by atoms with van der Waals surface area (Å²) in [6.07, 6.45) is 5.06. The molecule has 0 aliphatic heterocycles. The van der Waals surface area contributed by atoms with E-state index in [1.54, 1.807) is 12.1 Å². The first kappa shape index (κ1) is 12.0. The smallest absolute Gasteiger partial charge is 0.123 e. The average molecular weight is 206 g/mol. The average Bonchev–Trinajstić information content (AvgIpc) is 2.18. The van der Waals surface area contributed by atoms with Crippen LogP contribution in [0.15, 0.2) is 36.9 Å². The molecule has 0 N–H and O–H groups in total. The molecule has 1 rings (SSSR count). The van der Waals surface area contributed by atoms with Crippen molar-refractivity contribution < 1.29 is 4.39 Å². The minimum Gasteiger partial charge on any atom is -0.207 e. The van der Waals surface area contributed by atoms with E-state index in [9.17, 15) is 4.39 Å².